The number of para-hydroxylation sites is 2. The molecule has 0 atom stereocenters. The second kappa shape index (κ2) is 8.16. The van der Waals surface area contributed by atoms with Gasteiger partial charge >= 0.3 is 0 Å². The molecule has 0 aliphatic heterocycles. The summed E-state index contributed by atoms with van der Waals surface area (Å²) in [5.41, 5.74) is 2.92. The summed E-state index contributed by atoms with van der Waals surface area (Å²) < 4.78 is 10.9. The van der Waals surface area contributed by atoms with Crippen LogP contribution in [0.3, 0.4) is 0 Å². The molecule has 0 spiro atoms. The topological polar surface area (TPSA) is 57.1 Å². The van der Waals surface area contributed by atoms with Crippen molar-refractivity contribution < 1.29 is 9.47 Å². The van der Waals surface area contributed by atoms with Gasteiger partial charge in [-0.05, 0) is 25.1 Å². The summed E-state index contributed by atoms with van der Waals surface area (Å²) in [5, 5.41) is 5.05. The SMILES string of the molecule is COc1cccc(-c2nc(CSc3nc(C)nc4ccccc34)cs2)c1OC. The highest BCUT2D eigenvalue weighted by Crippen LogP contribution is 2.39. The number of thiazole rings is 1. The maximum Gasteiger partial charge on any atom is 0.170 e. The maximum absolute atomic E-state index is 5.54. The van der Waals surface area contributed by atoms with Crippen molar-refractivity contribution >= 4 is 34.0 Å². The highest BCUT2D eigenvalue weighted by atomic mass is 32.2. The van der Waals surface area contributed by atoms with E-state index in [-0.39, 0.29) is 0 Å². The number of hydrogen-bond donors (Lipinski definition) is 0. The Morgan fingerprint density at radius 1 is 0.964 bits per heavy atom. The monoisotopic (exact) mass is 409 g/mol. The molecule has 4 rings (SSSR count). The smallest absolute Gasteiger partial charge is 0.170 e. The number of thioether (sulfide) groups is 1. The van der Waals surface area contributed by atoms with Gasteiger partial charge in [-0.1, -0.05) is 36.0 Å². The summed E-state index contributed by atoms with van der Waals surface area (Å²) >= 11 is 3.28. The van der Waals surface area contributed by atoms with Crippen LogP contribution < -0.4 is 9.47 Å². The predicted octanol–water partition coefficient (Wildman–Crippen LogP) is 5.37. The lowest BCUT2D eigenvalue weighted by Crippen LogP contribution is -1.94. The molecular formula is C21H19N3O2S2. The fraction of sp³-hybridized carbons (Fsp3) is 0.190. The quantitative estimate of drug-likeness (QED) is 0.315. The number of benzene rings is 2. The molecule has 0 radical (unpaired) electrons. The Hall–Kier alpha value is -2.64. The molecule has 0 amide bonds. The molecule has 0 bridgehead atoms. The molecule has 0 saturated heterocycles. The van der Waals surface area contributed by atoms with Crippen LogP contribution in [0, 0.1) is 6.92 Å². The zero-order valence-electron chi connectivity index (χ0n) is 15.8. The van der Waals surface area contributed by atoms with Crippen molar-refractivity contribution in [2.24, 2.45) is 0 Å². The van der Waals surface area contributed by atoms with E-state index in [9.17, 15) is 0 Å². The molecule has 0 aliphatic carbocycles. The fourth-order valence-electron chi connectivity index (χ4n) is 2.96. The molecule has 2 aromatic heterocycles. The molecule has 4 aromatic rings. The van der Waals surface area contributed by atoms with Crippen molar-refractivity contribution in [3.05, 3.63) is 59.4 Å². The average molecular weight is 410 g/mol. The van der Waals surface area contributed by atoms with E-state index in [1.165, 1.54) is 0 Å². The summed E-state index contributed by atoms with van der Waals surface area (Å²) in [7, 11) is 3.29. The zero-order valence-corrected chi connectivity index (χ0v) is 17.4. The van der Waals surface area contributed by atoms with Crippen LogP contribution in [0.1, 0.15) is 11.5 Å². The van der Waals surface area contributed by atoms with E-state index in [2.05, 4.69) is 21.4 Å². The molecule has 142 valence electrons. The molecule has 0 aliphatic rings. The van der Waals surface area contributed by atoms with Gasteiger partial charge in [0.15, 0.2) is 11.5 Å². The molecule has 7 heteroatoms. The molecule has 2 aromatic carbocycles. The van der Waals surface area contributed by atoms with Crippen molar-refractivity contribution in [1.82, 2.24) is 15.0 Å². The Balaban J connectivity index is 1.59. The third-order valence-corrected chi connectivity index (χ3v) is 6.17. The van der Waals surface area contributed by atoms with E-state index in [0.717, 1.165) is 43.8 Å². The van der Waals surface area contributed by atoms with Crippen LogP contribution >= 0.6 is 23.1 Å². The second-order valence-corrected chi connectivity index (χ2v) is 7.89. The number of methoxy groups -OCH3 is 2. The third-order valence-electron chi connectivity index (χ3n) is 4.22. The van der Waals surface area contributed by atoms with Gasteiger partial charge in [0.05, 0.1) is 31.0 Å². The second-order valence-electron chi connectivity index (χ2n) is 6.07. The summed E-state index contributed by atoms with van der Waals surface area (Å²) in [6.07, 6.45) is 0. The number of aryl methyl sites for hydroxylation is 1. The van der Waals surface area contributed by atoms with Crippen molar-refractivity contribution in [3.63, 3.8) is 0 Å². The van der Waals surface area contributed by atoms with E-state index >= 15 is 0 Å². The molecule has 0 fully saturated rings. The normalized spacial score (nSPS) is 11.0. The standard InChI is InChI=1S/C21H19N3O2S2/c1-13-22-17-9-5-4-7-15(17)20(23-13)27-11-14-12-28-21(24-14)16-8-6-10-18(25-2)19(16)26-3/h4-10,12H,11H2,1-3H3. The van der Waals surface area contributed by atoms with Gasteiger partial charge in [-0.3, -0.25) is 0 Å². The number of nitrogens with zero attached hydrogens (tertiary/aromatic N) is 3. The van der Waals surface area contributed by atoms with Gasteiger partial charge in [0.1, 0.15) is 15.9 Å². The summed E-state index contributed by atoms with van der Waals surface area (Å²) in [6.45, 7) is 1.92. The number of aromatic nitrogens is 3. The Morgan fingerprint density at radius 2 is 1.82 bits per heavy atom. The van der Waals surface area contributed by atoms with Crippen LogP contribution in [-0.2, 0) is 5.75 Å². The molecule has 5 nitrogen and oxygen atoms in total. The molecular weight excluding hydrogens is 390 g/mol. The Labute approximate surface area is 171 Å². The average Bonchev–Trinajstić information content (AvgIpc) is 3.20. The van der Waals surface area contributed by atoms with Gasteiger partial charge in [0.2, 0.25) is 0 Å². The minimum atomic E-state index is 0.703. The predicted molar refractivity (Wildman–Crippen MR) is 114 cm³/mol. The van der Waals surface area contributed by atoms with Crippen LogP contribution in [0.25, 0.3) is 21.5 Å². The summed E-state index contributed by atoms with van der Waals surface area (Å²) in [6, 6.07) is 13.9. The lowest BCUT2D eigenvalue weighted by atomic mass is 10.2. The van der Waals surface area contributed by atoms with E-state index in [4.69, 9.17) is 14.5 Å². The first-order valence-corrected chi connectivity index (χ1v) is 10.6. The van der Waals surface area contributed by atoms with Crippen LogP contribution in [-0.4, -0.2) is 29.2 Å². The Kier molecular flexibility index (Phi) is 5.45. The minimum Gasteiger partial charge on any atom is -0.493 e. The molecule has 0 saturated carbocycles. The first-order chi connectivity index (χ1) is 13.7. The lowest BCUT2D eigenvalue weighted by molar-refractivity contribution is 0.356. The molecule has 0 N–H and O–H groups in total. The van der Waals surface area contributed by atoms with Gasteiger partial charge in [-0.25, -0.2) is 15.0 Å². The highest BCUT2D eigenvalue weighted by molar-refractivity contribution is 7.98. The largest absolute Gasteiger partial charge is 0.493 e. The molecule has 2 heterocycles. The van der Waals surface area contributed by atoms with Crippen LogP contribution in [0.2, 0.25) is 0 Å². The molecule has 28 heavy (non-hydrogen) atoms. The highest BCUT2D eigenvalue weighted by Gasteiger charge is 2.15. The van der Waals surface area contributed by atoms with Crippen molar-refractivity contribution in [1.29, 1.82) is 0 Å². The Morgan fingerprint density at radius 3 is 2.64 bits per heavy atom. The third kappa shape index (κ3) is 3.68. The van der Waals surface area contributed by atoms with Crippen molar-refractivity contribution in [2.45, 2.75) is 17.7 Å². The summed E-state index contributed by atoms with van der Waals surface area (Å²) in [4.78, 5) is 13.9. The Bertz CT molecular complexity index is 1130. The van der Waals surface area contributed by atoms with Gasteiger partial charge in [0, 0.05) is 16.5 Å². The lowest BCUT2D eigenvalue weighted by Gasteiger charge is -2.10. The summed E-state index contributed by atoms with van der Waals surface area (Å²) in [5.74, 6) is 2.93. The van der Waals surface area contributed by atoms with E-state index < -0.39 is 0 Å². The van der Waals surface area contributed by atoms with E-state index in [1.54, 1.807) is 37.3 Å². The number of rotatable bonds is 6. The van der Waals surface area contributed by atoms with E-state index in [1.807, 2.05) is 43.3 Å². The van der Waals surface area contributed by atoms with Gasteiger partial charge in [-0.15, -0.1) is 11.3 Å². The number of hydrogen-bond acceptors (Lipinski definition) is 7. The van der Waals surface area contributed by atoms with E-state index in [0.29, 0.717) is 11.5 Å². The maximum atomic E-state index is 5.54. The number of ether oxygens (including phenoxy) is 2. The van der Waals surface area contributed by atoms with Crippen LogP contribution in [0.5, 0.6) is 11.5 Å². The van der Waals surface area contributed by atoms with Gasteiger partial charge < -0.3 is 9.47 Å². The molecule has 0 unspecified atom stereocenters. The van der Waals surface area contributed by atoms with Crippen LogP contribution in [0.4, 0.5) is 0 Å². The van der Waals surface area contributed by atoms with Gasteiger partial charge in [0.25, 0.3) is 0 Å². The number of fused-ring (bicyclic) bond motifs is 1. The van der Waals surface area contributed by atoms with Crippen molar-refractivity contribution in [3.8, 4) is 22.1 Å². The zero-order chi connectivity index (χ0) is 19.5. The first-order valence-electron chi connectivity index (χ1n) is 8.71. The van der Waals surface area contributed by atoms with Gasteiger partial charge in [-0.2, -0.15) is 0 Å². The fourth-order valence-corrected chi connectivity index (χ4v) is 4.87. The van der Waals surface area contributed by atoms with Crippen molar-refractivity contribution in [2.75, 3.05) is 14.2 Å². The van der Waals surface area contributed by atoms with Crippen LogP contribution in [0.15, 0.2) is 52.9 Å². The minimum absolute atomic E-state index is 0.703. The first kappa shape index (κ1) is 18.7.